The molecular weight excluding hydrogens is 350 g/mol. The average Bonchev–Trinajstić information content (AvgIpc) is 2.67. The van der Waals surface area contributed by atoms with Crippen molar-refractivity contribution in [1.29, 1.82) is 0 Å². The van der Waals surface area contributed by atoms with Gasteiger partial charge in [-0.15, -0.1) is 11.3 Å². The summed E-state index contributed by atoms with van der Waals surface area (Å²) in [5.41, 5.74) is 8.60. The molecular formula is C12H11Br2NS. The van der Waals surface area contributed by atoms with Gasteiger partial charge in [-0.3, -0.25) is 0 Å². The van der Waals surface area contributed by atoms with Gasteiger partial charge < -0.3 is 5.73 Å². The van der Waals surface area contributed by atoms with Crippen LogP contribution in [-0.4, -0.2) is 0 Å². The number of halogens is 2. The minimum atomic E-state index is -0.0545. The van der Waals surface area contributed by atoms with E-state index in [1.165, 1.54) is 10.4 Å². The molecule has 1 atom stereocenters. The first-order chi connectivity index (χ1) is 7.59. The number of aryl methyl sites for hydroxylation is 1. The number of hydrogen-bond acceptors (Lipinski definition) is 2. The van der Waals surface area contributed by atoms with Crippen LogP contribution in [0.4, 0.5) is 0 Å². The van der Waals surface area contributed by atoms with E-state index in [0.717, 1.165) is 14.5 Å². The monoisotopic (exact) mass is 359 g/mol. The fraction of sp³-hybridized carbons (Fsp3) is 0.167. The Balaban J connectivity index is 2.38. The lowest BCUT2D eigenvalue weighted by Crippen LogP contribution is -2.10. The summed E-state index contributed by atoms with van der Waals surface area (Å²) in [7, 11) is 0. The Hall–Kier alpha value is -0.160. The SMILES string of the molecule is Cc1cc(C(N)c2sccc2Br)ccc1Br. The lowest BCUT2D eigenvalue weighted by Gasteiger charge is -2.12. The van der Waals surface area contributed by atoms with E-state index in [1.54, 1.807) is 11.3 Å². The van der Waals surface area contributed by atoms with Gasteiger partial charge in [0.1, 0.15) is 0 Å². The van der Waals surface area contributed by atoms with Crippen molar-refractivity contribution in [3.8, 4) is 0 Å². The minimum Gasteiger partial charge on any atom is -0.320 e. The molecule has 2 N–H and O–H groups in total. The third-order valence-corrected chi connectivity index (χ3v) is 5.31. The van der Waals surface area contributed by atoms with Gasteiger partial charge in [0.15, 0.2) is 0 Å². The van der Waals surface area contributed by atoms with E-state index < -0.39 is 0 Å². The highest BCUT2D eigenvalue weighted by Crippen LogP contribution is 2.32. The van der Waals surface area contributed by atoms with E-state index in [-0.39, 0.29) is 6.04 Å². The van der Waals surface area contributed by atoms with Crippen LogP contribution in [0.15, 0.2) is 38.6 Å². The number of hydrogen-bond donors (Lipinski definition) is 1. The second-order valence-electron chi connectivity index (χ2n) is 3.62. The Morgan fingerprint density at radius 1 is 1.19 bits per heavy atom. The summed E-state index contributed by atoms with van der Waals surface area (Å²) in [5.74, 6) is 0. The first-order valence-corrected chi connectivity index (χ1v) is 7.30. The molecule has 4 heteroatoms. The van der Waals surface area contributed by atoms with Gasteiger partial charge in [0.05, 0.1) is 6.04 Å². The van der Waals surface area contributed by atoms with Crippen molar-refractivity contribution in [2.24, 2.45) is 5.73 Å². The van der Waals surface area contributed by atoms with Crippen molar-refractivity contribution < 1.29 is 0 Å². The van der Waals surface area contributed by atoms with E-state index >= 15 is 0 Å². The fourth-order valence-electron chi connectivity index (χ4n) is 1.54. The number of thiophene rings is 1. The van der Waals surface area contributed by atoms with Crippen LogP contribution in [-0.2, 0) is 0 Å². The van der Waals surface area contributed by atoms with Crippen LogP contribution in [0.3, 0.4) is 0 Å². The molecule has 0 aliphatic carbocycles. The maximum atomic E-state index is 6.25. The molecule has 1 nitrogen and oxygen atoms in total. The van der Waals surface area contributed by atoms with Crippen molar-refractivity contribution in [2.75, 3.05) is 0 Å². The molecule has 0 fully saturated rings. The molecule has 84 valence electrons. The predicted octanol–water partition coefficient (Wildman–Crippen LogP) is 4.63. The molecule has 16 heavy (non-hydrogen) atoms. The third kappa shape index (κ3) is 2.40. The normalized spacial score (nSPS) is 12.8. The maximum Gasteiger partial charge on any atom is 0.0657 e. The molecule has 0 saturated heterocycles. The highest BCUT2D eigenvalue weighted by molar-refractivity contribution is 9.10. The van der Waals surface area contributed by atoms with Crippen LogP contribution < -0.4 is 5.73 Å². The minimum absolute atomic E-state index is 0.0545. The second-order valence-corrected chi connectivity index (χ2v) is 6.28. The van der Waals surface area contributed by atoms with Crippen LogP contribution in [0, 0.1) is 6.92 Å². The molecule has 0 amide bonds. The molecule has 0 spiro atoms. The summed E-state index contributed by atoms with van der Waals surface area (Å²) in [4.78, 5) is 1.17. The smallest absolute Gasteiger partial charge is 0.0657 e. The molecule has 0 aliphatic heterocycles. The number of rotatable bonds is 2. The van der Waals surface area contributed by atoms with Gasteiger partial charge in [-0.05, 0) is 51.5 Å². The van der Waals surface area contributed by atoms with Gasteiger partial charge >= 0.3 is 0 Å². The van der Waals surface area contributed by atoms with E-state index in [1.807, 2.05) is 17.5 Å². The van der Waals surface area contributed by atoms with Gasteiger partial charge in [0.25, 0.3) is 0 Å². The van der Waals surface area contributed by atoms with Gasteiger partial charge in [-0.25, -0.2) is 0 Å². The van der Waals surface area contributed by atoms with Gasteiger partial charge in [0, 0.05) is 13.8 Å². The topological polar surface area (TPSA) is 26.0 Å². The second kappa shape index (κ2) is 5.00. The molecule has 1 aromatic carbocycles. The molecule has 1 unspecified atom stereocenters. The summed E-state index contributed by atoms with van der Waals surface area (Å²) in [6.07, 6.45) is 0. The van der Waals surface area contributed by atoms with Crippen molar-refractivity contribution >= 4 is 43.2 Å². The van der Waals surface area contributed by atoms with Crippen molar-refractivity contribution in [2.45, 2.75) is 13.0 Å². The molecule has 0 aliphatic rings. The average molecular weight is 361 g/mol. The molecule has 0 radical (unpaired) electrons. The quantitative estimate of drug-likeness (QED) is 0.830. The Morgan fingerprint density at radius 3 is 2.50 bits per heavy atom. The zero-order chi connectivity index (χ0) is 11.7. The first kappa shape index (κ1) is 12.3. The van der Waals surface area contributed by atoms with Gasteiger partial charge in [-0.1, -0.05) is 28.1 Å². The highest BCUT2D eigenvalue weighted by atomic mass is 79.9. The van der Waals surface area contributed by atoms with Crippen LogP contribution in [0.5, 0.6) is 0 Å². The first-order valence-electron chi connectivity index (χ1n) is 4.84. The Labute approximate surface area is 116 Å². The van der Waals surface area contributed by atoms with Crippen LogP contribution in [0.25, 0.3) is 0 Å². The van der Waals surface area contributed by atoms with Crippen LogP contribution in [0.1, 0.15) is 22.0 Å². The van der Waals surface area contributed by atoms with Gasteiger partial charge in [-0.2, -0.15) is 0 Å². The predicted molar refractivity (Wildman–Crippen MR) is 76.9 cm³/mol. The third-order valence-electron chi connectivity index (χ3n) is 2.47. The fourth-order valence-corrected chi connectivity index (χ4v) is 3.43. The molecule has 0 bridgehead atoms. The molecule has 0 saturated carbocycles. The van der Waals surface area contributed by atoms with Crippen molar-refractivity contribution in [3.05, 3.63) is 54.6 Å². The van der Waals surface area contributed by atoms with Gasteiger partial charge in [0.2, 0.25) is 0 Å². The molecule has 1 heterocycles. The van der Waals surface area contributed by atoms with Crippen LogP contribution in [0.2, 0.25) is 0 Å². The molecule has 1 aromatic heterocycles. The summed E-state index contributed by atoms with van der Waals surface area (Å²) < 4.78 is 2.21. The van der Waals surface area contributed by atoms with Crippen molar-refractivity contribution in [3.63, 3.8) is 0 Å². The summed E-state index contributed by atoms with van der Waals surface area (Å²) in [6.45, 7) is 2.07. The summed E-state index contributed by atoms with van der Waals surface area (Å²) in [5, 5.41) is 2.05. The standard InChI is InChI=1S/C12H11Br2NS/c1-7-6-8(2-3-9(7)13)11(15)12-10(14)4-5-16-12/h2-6,11H,15H2,1H3. The zero-order valence-corrected chi connectivity index (χ0v) is 12.7. The number of benzene rings is 1. The summed E-state index contributed by atoms with van der Waals surface area (Å²) >= 11 is 8.69. The van der Waals surface area contributed by atoms with E-state index in [4.69, 9.17) is 5.73 Å². The Kier molecular flexibility index (Phi) is 3.85. The maximum absolute atomic E-state index is 6.25. The molecule has 2 rings (SSSR count). The molecule has 2 aromatic rings. The Morgan fingerprint density at radius 2 is 1.94 bits per heavy atom. The Bertz CT molecular complexity index is 507. The van der Waals surface area contributed by atoms with Crippen molar-refractivity contribution in [1.82, 2.24) is 0 Å². The summed E-state index contributed by atoms with van der Waals surface area (Å²) in [6, 6.07) is 8.22. The van der Waals surface area contributed by atoms with Crippen LogP contribution >= 0.6 is 43.2 Å². The highest BCUT2D eigenvalue weighted by Gasteiger charge is 2.14. The number of nitrogens with two attached hydrogens (primary N) is 1. The van der Waals surface area contributed by atoms with E-state index in [9.17, 15) is 0 Å². The van der Waals surface area contributed by atoms with E-state index in [0.29, 0.717) is 0 Å². The largest absolute Gasteiger partial charge is 0.320 e. The lowest BCUT2D eigenvalue weighted by atomic mass is 10.0. The van der Waals surface area contributed by atoms with E-state index in [2.05, 4.69) is 50.9 Å². The lowest BCUT2D eigenvalue weighted by molar-refractivity contribution is 0.886. The zero-order valence-electron chi connectivity index (χ0n) is 8.71.